The summed E-state index contributed by atoms with van der Waals surface area (Å²) in [4.78, 5) is 11.8. The standard InChI is InChI=1S/C16H14ClF3N2O/c17-13-7-3-1-5-11(13)9-10-15(23)22-21-14-8-4-2-6-12(14)16(18,19)20/h1-8,21H,9-10H2,(H,22,23). The molecule has 0 aliphatic carbocycles. The molecule has 0 radical (unpaired) electrons. The van der Waals surface area contributed by atoms with Gasteiger partial charge in [0.25, 0.3) is 0 Å². The van der Waals surface area contributed by atoms with Gasteiger partial charge in [0.1, 0.15) is 0 Å². The van der Waals surface area contributed by atoms with Crippen LogP contribution in [0.15, 0.2) is 48.5 Å². The Morgan fingerprint density at radius 3 is 2.39 bits per heavy atom. The van der Waals surface area contributed by atoms with E-state index in [-0.39, 0.29) is 12.1 Å². The Labute approximate surface area is 136 Å². The lowest BCUT2D eigenvalue weighted by Crippen LogP contribution is -2.30. The van der Waals surface area contributed by atoms with Crippen molar-refractivity contribution in [3.63, 3.8) is 0 Å². The SMILES string of the molecule is O=C(CCc1ccccc1Cl)NNc1ccccc1C(F)(F)F. The number of para-hydroxylation sites is 1. The first kappa shape index (κ1) is 17.1. The molecule has 2 aromatic carbocycles. The molecule has 3 nitrogen and oxygen atoms in total. The molecular formula is C16H14ClF3N2O. The minimum absolute atomic E-state index is 0.102. The molecule has 0 atom stereocenters. The van der Waals surface area contributed by atoms with Crippen LogP contribution in [0.1, 0.15) is 17.5 Å². The fourth-order valence-corrected chi connectivity index (χ4v) is 2.22. The molecule has 0 aromatic heterocycles. The molecule has 1 amide bonds. The van der Waals surface area contributed by atoms with Gasteiger partial charge in [-0.15, -0.1) is 0 Å². The number of aryl methyl sites for hydroxylation is 1. The van der Waals surface area contributed by atoms with Crippen LogP contribution in [0.5, 0.6) is 0 Å². The number of hydrogen-bond donors (Lipinski definition) is 2. The summed E-state index contributed by atoms with van der Waals surface area (Å²) < 4.78 is 38.5. The summed E-state index contributed by atoms with van der Waals surface area (Å²) in [6.45, 7) is 0. The van der Waals surface area contributed by atoms with Gasteiger partial charge in [-0.25, -0.2) is 0 Å². The summed E-state index contributed by atoms with van der Waals surface area (Å²) in [5, 5.41) is 0.552. The Morgan fingerprint density at radius 2 is 1.70 bits per heavy atom. The molecule has 122 valence electrons. The van der Waals surface area contributed by atoms with E-state index in [1.54, 1.807) is 24.3 Å². The van der Waals surface area contributed by atoms with Crippen molar-refractivity contribution in [2.45, 2.75) is 19.0 Å². The second-order valence-corrected chi connectivity index (χ2v) is 5.22. The average Bonchev–Trinajstić information content (AvgIpc) is 2.51. The zero-order valence-electron chi connectivity index (χ0n) is 12.0. The fraction of sp³-hybridized carbons (Fsp3) is 0.188. The molecule has 0 saturated carbocycles. The highest BCUT2D eigenvalue weighted by atomic mass is 35.5. The summed E-state index contributed by atoms with van der Waals surface area (Å²) in [6, 6.07) is 12.0. The maximum atomic E-state index is 12.8. The highest BCUT2D eigenvalue weighted by molar-refractivity contribution is 6.31. The van der Waals surface area contributed by atoms with Crippen LogP contribution in [-0.4, -0.2) is 5.91 Å². The van der Waals surface area contributed by atoms with E-state index in [9.17, 15) is 18.0 Å². The number of rotatable bonds is 5. The van der Waals surface area contributed by atoms with Crippen LogP contribution in [0.25, 0.3) is 0 Å². The van der Waals surface area contributed by atoms with Crippen LogP contribution in [0.2, 0.25) is 5.02 Å². The first-order chi connectivity index (χ1) is 10.9. The van der Waals surface area contributed by atoms with Gasteiger partial charge in [-0.3, -0.25) is 15.6 Å². The highest BCUT2D eigenvalue weighted by Gasteiger charge is 2.33. The molecule has 0 spiro atoms. The number of anilines is 1. The van der Waals surface area contributed by atoms with Crippen molar-refractivity contribution in [1.82, 2.24) is 5.43 Å². The molecule has 23 heavy (non-hydrogen) atoms. The van der Waals surface area contributed by atoms with Gasteiger partial charge in [-0.2, -0.15) is 13.2 Å². The third-order valence-corrected chi connectivity index (χ3v) is 3.52. The second-order valence-electron chi connectivity index (χ2n) is 4.81. The van der Waals surface area contributed by atoms with Crippen molar-refractivity contribution in [2.24, 2.45) is 0 Å². The number of halogens is 4. The largest absolute Gasteiger partial charge is 0.418 e. The molecule has 2 rings (SSSR count). The summed E-state index contributed by atoms with van der Waals surface area (Å²) in [5.41, 5.74) is 4.35. The molecule has 2 aromatic rings. The third-order valence-electron chi connectivity index (χ3n) is 3.15. The minimum atomic E-state index is -4.49. The fourth-order valence-electron chi connectivity index (χ4n) is 1.99. The molecule has 0 unspecified atom stereocenters. The zero-order chi connectivity index (χ0) is 16.9. The number of alkyl halides is 3. The van der Waals surface area contributed by atoms with Gasteiger partial charge in [-0.05, 0) is 30.2 Å². The average molecular weight is 343 g/mol. The molecule has 2 N–H and O–H groups in total. The Hall–Kier alpha value is -2.21. The van der Waals surface area contributed by atoms with Gasteiger partial charge in [-0.1, -0.05) is 41.9 Å². The molecular weight excluding hydrogens is 329 g/mol. The first-order valence-electron chi connectivity index (χ1n) is 6.82. The van der Waals surface area contributed by atoms with Gasteiger partial charge >= 0.3 is 6.18 Å². The lowest BCUT2D eigenvalue weighted by atomic mass is 10.1. The van der Waals surface area contributed by atoms with Crippen molar-refractivity contribution < 1.29 is 18.0 Å². The van der Waals surface area contributed by atoms with Crippen LogP contribution in [-0.2, 0) is 17.4 Å². The smallest absolute Gasteiger partial charge is 0.298 e. The van der Waals surface area contributed by atoms with Crippen LogP contribution >= 0.6 is 11.6 Å². The Bertz CT molecular complexity index is 689. The summed E-state index contributed by atoms with van der Waals surface area (Å²) in [6.07, 6.45) is -4.00. The van der Waals surface area contributed by atoms with Crippen molar-refractivity contribution in [3.05, 3.63) is 64.7 Å². The maximum absolute atomic E-state index is 12.8. The lowest BCUT2D eigenvalue weighted by Gasteiger charge is -2.15. The number of hydrazine groups is 1. The third kappa shape index (κ3) is 4.89. The normalized spacial score (nSPS) is 11.1. The van der Waals surface area contributed by atoms with E-state index in [1.165, 1.54) is 18.2 Å². The van der Waals surface area contributed by atoms with E-state index in [4.69, 9.17) is 11.6 Å². The van der Waals surface area contributed by atoms with E-state index in [0.717, 1.165) is 11.6 Å². The van der Waals surface area contributed by atoms with Gasteiger partial charge < -0.3 is 0 Å². The van der Waals surface area contributed by atoms with E-state index in [0.29, 0.717) is 11.4 Å². The molecule has 7 heteroatoms. The number of amides is 1. The molecule has 0 saturated heterocycles. The van der Waals surface area contributed by atoms with Gasteiger partial charge in [0.15, 0.2) is 0 Å². The van der Waals surface area contributed by atoms with E-state index in [2.05, 4.69) is 10.9 Å². The quantitative estimate of drug-likeness (QED) is 0.789. The van der Waals surface area contributed by atoms with Gasteiger partial charge in [0, 0.05) is 11.4 Å². The maximum Gasteiger partial charge on any atom is 0.418 e. The summed E-state index contributed by atoms with van der Waals surface area (Å²) in [5.74, 6) is -0.429. The van der Waals surface area contributed by atoms with E-state index in [1.807, 2.05) is 0 Å². The second kappa shape index (κ2) is 7.37. The topological polar surface area (TPSA) is 41.1 Å². The molecule has 0 fully saturated rings. The number of hydrogen-bond acceptors (Lipinski definition) is 2. The van der Waals surface area contributed by atoms with Crippen molar-refractivity contribution in [1.29, 1.82) is 0 Å². The zero-order valence-corrected chi connectivity index (χ0v) is 12.7. The van der Waals surface area contributed by atoms with Crippen LogP contribution in [0.3, 0.4) is 0 Å². The predicted molar refractivity (Wildman–Crippen MR) is 83.0 cm³/mol. The molecule has 0 heterocycles. The van der Waals surface area contributed by atoms with Crippen LogP contribution in [0.4, 0.5) is 18.9 Å². The Morgan fingerprint density at radius 1 is 1.04 bits per heavy atom. The van der Waals surface area contributed by atoms with E-state index < -0.39 is 17.6 Å². The Balaban J connectivity index is 1.92. The number of carbonyl (C=O) groups is 1. The van der Waals surface area contributed by atoms with Crippen molar-refractivity contribution in [2.75, 3.05) is 5.43 Å². The lowest BCUT2D eigenvalue weighted by molar-refractivity contribution is -0.137. The van der Waals surface area contributed by atoms with E-state index >= 15 is 0 Å². The first-order valence-corrected chi connectivity index (χ1v) is 7.20. The highest BCUT2D eigenvalue weighted by Crippen LogP contribution is 2.34. The van der Waals surface area contributed by atoms with Crippen LogP contribution in [0, 0.1) is 0 Å². The minimum Gasteiger partial charge on any atom is -0.298 e. The molecule has 0 aliphatic rings. The van der Waals surface area contributed by atoms with Gasteiger partial charge in [0.05, 0.1) is 11.3 Å². The summed E-state index contributed by atoms with van der Waals surface area (Å²) in [7, 11) is 0. The van der Waals surface area contributed by atoms with Crippen molar-refractivity contribution in [3.8, 4) is 0 Å². The van der Waals surface area contributed by atoms with Gasteiger partial charge in [0.2, 0.25) is 5.91 Å². The Kier molecular flexibility index (Phi) is 5.50. The number of benzene rings is 2. The molecule has 0 aliphatic heterocycles. The van der Waals surface area contributed by atoms with Crippen molar-refractivity contribution >= 4 is 23.2 Å². The number of nitrogens with one attached hydrogen (secondary N) is 2. The summed E-state index contributed by atoms with van der Waals surface area (Å²) >= 11 is 5.98. The van der Waals surface area contributed by atoms with Crippen LogP contribution < -0.4 is 10.9 Å². The molecule has 0 bridgehead atoms. The predicted octanol–water partition coefficient (Wildman–Crippen LogP) is 4.43. The monoisotopic (exact) mass is 342 g/mol. The number of carbonyl (C=O) groups excluding carboxylic acids is 1.